The number of hydrogen-bond acceptors (Lipinski definition) is 4. The van der Waals surface area contributed by atoms with Crippen molar-refractivity contribution in [2.45, 2.75) is 0 Å². The quantitative estimate of drug-likeness (QED) is 0.859. The van der Waals surface area contributed by atoms with Crippen molar-refractivity contribution in [3.8, 4) is 23.6 Å². The number of halogens is 1. The fourth-order valence-electron chi connectivity index (χ4n) is 1.54. The normalized spacial score (nSPS) is 9.42. The molecule has 0 spiro atoms. The van der Waals surface area contributed by atoms with E-state index in [-0.39, 0.29) is 0 Å². The molecule has 4 nitrogen and oxygen atoms in total. The van der Waals surface area contributed by atoms with Crippen LogP contribution in [0, 0.1) is 22.7 Å². The molecule has 2 rings (SSSR count). The molecule has 92 valence electrons. The van der Waals surface area contributed by atoms with Crippen LogP contribution >= 0.6 is 15.9 Å². The lowest BCUT2D eigenvalue weighted by molar-refractivity contribution is 0.479. The Morgan fingerprint density at radius 2 is 1.84 bits per heavy atom. The zero-order chi connectivity index (χ0) is 13.8. The maximum atomic E-state index is 9.10. The third-order valence-electron chi connectivity index (χ3n) is 2.43. The third-order valence-corrected chi connectivity index (χ3v) is 3.09. The molecule has 0 aliphatic heterocycles. The predicted octanol–water partition coefficient (Wildman–Crippen LogP) is 3.57. The molecule has 0 heterocycles. The molecule has 0 aromatic heterocycles. The lowest BCUT2D eigenvalue weighted by Crippen LogP contribution is -1.93. The fourth-order valence-corrected chi connectivity index (χ4v) is 1.98. The van der Waals surface area contributed by atoms with E-state index in [0.29, 0.717) is 32.8 Å². The lowest BCUT2D eigenvalue weighted by Gasteiger charge is -2.10. The molecule has 5 heteroatoms. The number of nitrogens with two attached hydrogens (primary N) is 1. The van der Waals surface area contributed by atoms with Gasteiger partial charge in [-0.3, -0.25) is 0 Å². The molecular formula is C14H8BrN3O. The van der Waals surface area contributed by atoms with E-state index in [2.05, 4.69) is 22.0 Å². The van der Waals surface area contributed by atoms with Crippen LogP contribution in [0.4, 0.5) is 5.69 Å². The molecule has 0 unspecified atom stereocenters. The van der Waals surface area contributed by atoms with Crippen molar-refractivity contribution in [3.05, 3.63) is 52.0 Å². The molecule has 0 aliphatic carbocycles. The summed E-state index contributed by atoms with van der Waals surface area (Å²) in [6.45, 7) is 0. The van der Waals surface area contributed by atoms with Gasteiger partial charge in [0.1, 0.15) is 29.2 Å². The number of nitrogen functional groups attached to an aromatic ring is 1. The number of anilines is 1. The Morgan fingerprint density at radius 3 is 2.53 bits per heavy atom. The van der Waals surface area contributed by atoms with Crippen molar-refractivity contribution in [1.82, 2.24) is 0 Å². The monoisotopic (exact) mass is 313 g/mol. The summed E-state index contributed by atoms with van der Waals surface area (Å²) in [5, 5.41) is 18.1. The number of nitriles is 2. The summed E-state index contributed by atoms with van der Waals surface area (Å²) in [4.78, 5) is 0. The van der Waals surface area contributed by atoms with Gasteiger partial charge in [-0.05, 0) is 46.3 Å². The first-order chi connectivity index (χ1) is 9.15. The van der Waals surface area contributed by atoms with Crippen LogP contribution in [0.5, 0.6) is 11.5 Å². The molecular weight excluding hydrogens is 306 g/mol. The van der Waals surface area contributed by atoms with Crippen molar-refractivity contribution in [2.75, 3.05) is 5.73 Å². The average molecular weight is 314 g/mol. The zero-order valence-corrected chi connectivity index (χ0v) is 11.3. The highest BCUT2D eigenvalue weighted by molar-refractivity contribution is 9.10. The Kier molecular flexibility index (Phi) is 3.70. The standard InChI is InChI=1S/C14H8BrN3O/c15-12-2-1-3-14(11(12)8-17)19-13-5-4-10(18)6-9(13)7-16/h1-6H,18H2. The van der Waals surface area contributed by atoms with Gasteiger partial charge in [-0.1, -0.05) is 6.07 Å². The second-order valence-corrected chi connectivity index (χ2v) is 4.55. The highest BCUT2D eigenvalue weighted by Gasteiger charge is 2.11. The zero-order valence-electron chi connectivity index (χ0n) is 9.72. The van der Waals surface area contributed by atoms with E-state index in [9.17, 15) is 0 Å². The van der Waals surface area contributed by atoms with Crippen molar-refractivity contribution in [2.24, 2.45) is 0 Å². The minimum atomic E-state index is 0.323. The summed E-state index contributed by atoms with van der Waals surface area (Å²) in [5.74, 6) is 0.754. The molecule has 19 heavy (non-hydrogen) atoms. The maximum absolute atomic E-state index is 9.10. The van der Waals surface area contributed by atoms with Gasteiger partial charge in [-0.2, -0.15) is 10.5 Å². The number of rotatable bonds is 2. The summed E-state index contributed by atoms with van der Waals surface area (Å²) >= 11 is 3.28. The van der Waals surface area contributed by atoms with Gasteiger partial charge in [-0.25, -0.2) is 0 Å². The molecule has 2 aromatic carbocycles. The second-order valence-electron chi connectivity index (χ2n) is 3.69. The van der Waals surface area contributed by atoms with E-state index in [1.54, 1.807) is 30.3 Å². The van der Waals surface area contributed by atoms with Crippen molar-refractivity contribution in [1.29, 1.82) is 10.5 Å². The molecule has 0 saturated carbocycles. The van der Waals surface area contributed by atoms with E-state index in [4.69, 9.17) is 21.0 Å². The van der Waals surface area contributed by atoms with Crippen LogP contribution < -0.4 is 10.5 Å². The fraction of sp³-hybridized carbons (Fsp3) is 0. The molecule has 2 aromatic rings. The van der Waals surface area contributed by atoms with E-state index < -0.39 is 0 Å². The van der Waals surface area contributed by atoms with Gasteiger partial charge in [0.25, 0.3) is 0 Å². The molecule has 0 radical (unpaired) electrons. The Bertz CT molecular complexity index is 714. The number of hydrogen-bond donors (Lipinski definition) is 1. The van der Waals surface area contributed by atoms with Crippen LogP contribution in [0.25, 0.3) is 0 Å². The number of nitrogens with zero attached hydrogens (tertiary/aromatic N) is 2. The van der Waals surface area contributed by atoms with Gasteiger partial charge < -0.3 is 10.5 Å². The smallest absolute Gasteiger partial charge is 0.146 e. The number of benzene rings is 2. The molecule has 0 fully saturated rings. The van der Waals surface area contributed by atoms with Crippen LogP contribution in [0.3, 0.4) is 0 Å². The Morgan fingerprint density at radius 1 is 1.05 bits per heavy atom. The summed E-state index contributed by atoms with van der Waals surface area (Å²) in [7, 11) is 0. The lowest BCUT2D eigenvalue weighted by atomic mass is 10.2. The van der Waals surface area contributed by atoms with Crippen LogP contribution in [0.1, 0.15) is 11.1 Å². The van der Waals surface area contributed by atoms with Crippen LogP contribution in [0.2, 0.25) is 0 Å². The first-order valence-corrected chi connectivity index (χ1v) is 6.11. The van der Waals surface area contributed by atoms with Crippen LogP contribution in [0.15, 0.2) is 40.9 Å². The highest BCUT2D eigenvalue weighted by atomic mass is 79.9. The van der Waals surface area contributed by atoms with Crippen LogP contribution in [-0.4, -0.2) is 0 Å². The van der Waals surface area contributed by atoms with E-state index in [1.165, 1.54) is 6.07 Å². The molecule has 2 N–H and O–H groups in total. The summed E-state index contributed by atoms with van der Waals surface area (Å²) in [5.41, 5.74) is 6.80. The molecule has 0 atom stereocenters. The Hall–Kier alpha value is -2.50. The third kappa shape index (κ3) is 2.67. The first kappa shape index (κ1) is 12.9. The minimum Gasteiger partial charge on any atom is -0.455 e. The van der Waals surface area contributed by atoms with Gasteiger partial charge in [0.05, 0.1) is 5.56 Å². The van der Waals surface area contributed by atoms with Gasteiger partial charge in [0.15, 0.2) is 0 Å². The van der Waals surface area contributed by atoms with Gasteiger partial charge in [0.2, 0.25) is 0 Å². The Labute approximate surface area is 118 Å². The minimum absolute atomic E-state index is 0.323. The molecule has 0 saturated heterocycles. The number of ether oxygens (including phenoxy) is 1. The average Bonchev–Trinajstić information content (AvgIpc) is 2.41. The summed E-state index contributed by atoms with van der Waals surface area (Å²) in [6.07, 6.45) is 0. The van der Waals surface area contributed by atoms with Crippen molar-refractivity contribution < 1.29 is 4.74 Å². The van der Waals surface area contributed by atoms with E-state index in [0.717, 1.165) is 0 Å². The molecule has 0 bridgehead atoms. The predicted molar refractivity (Wildman–Crippen MR) is 74.5 cm³/mol. The topological polar surface area (TPSA) is 82.8 Å². The summed E-state index contributed by atoms with van der Waals surface area (Å²) < 4.78 is 6.27. The largest absolute Gasteiger partial charge is 0.455 e. The second kappa shape index (κ2) is 5.43. The molecule has 0 aliphatic rings. The van der Waals surface area contributed by atoms with Gasteiger partial charge in [0, 0.05) is 10.2 Å². The SMILES string of the molecule is N#Cc1cc(N)ccc1Oc1cccc(Br)c1C#N. The van der Waals surface area contributed by atoms with Crippen LogP contribution in [-0.2, 0) is 0 Å². The van der Waals surface area contributed by atoms with E-state index in [1.807, 2.05) is 6.07 Å². The highest BCUT2D eigenvalue weighted by Crippen LogP contribution is 2.32. The van der Waals surface area contributed by atoms with E-state index >= 15 is 0 Å². The van der Waals surface area contributed by atoms with Crippen molar-refractivity contribution >= 4 is 21.6 Å². The maximum Gasteiger partial charge on any atom is 0.146 e. The van der Waals surface area contributed by atoms with Crippen molar-refractivity contribution in [3.63, 3.8) is 0 Å². The van der Waals surface area contributed by atoms with Gasteiger partial charge in [-0.15, -0.1) is 0 Å². The summed E-state index contributed by atoms with van der Waals surface area (Å²) in [6, 6.07) is 14.0. The van der Waals surface area contributed by atoms with Gasteiger partial charge >= 0.3 is 0 Å². The first-order valence-electron chi connectivity index (χ1n) is 5.32. The molecule has 0 amide bonds. The Balaban J connectivity index is 2.46.